The van der Waals surface area contributed by atoms with Crippen molar-refractivity contribution in [3.8, 4) is 10.4 Å². The first-order valence-corrected chi connectivity index (χ1v) is 18.4. The summed E-state index contributed by atoms with van der Waals surface area (Å²) in [5.41, 5.74) is 3.68. The van der Waals surface area contributed by atoms with E-state index in [1.165, 1.54) is 4.90 Å². The van der Waals surface area contributed by atoms with Crippen molar-refractivity contribution in [1.29, 1.82) is 0 Å². The molecular formula is C36H50FN7O4S. The topological polar surface area (TPSA) is 127 Å². The van der Waals surface area contributed by atoms with Gasteiger partial charge in [0.05, 0.1) is 28.2 Å². The Kier molecular flexibility index (Phi) is 10.7. The average molecular weight is 696 g/mol. The molecule has 3 aliphatic rings. The molecule has 0 saturated carbocycles. The molecule has 0 unspecified atom stereocenters. The predicted octanol–water partition coefficient (Wildman–Crippen LogP) is 4.29. The summed E-state index contributed by atoms with van der Waals surface area (Å²) in [7, 11) is 0. The Morgan fingerprint density at radius 3 is 2.55 bits per heavy atom. The number of carbonyl (C=O) groups is 2. The summed E-state index contributed by atoms with van der Waals surface area (Å²) in [6.45, 7) is 13.9. The Morgan fingerprint density at radius 2 is 1.90 bits per heavy atom. The third kappa shape index (κ3) is 7.84. The number of piperidine rings is 1. The number of aliphatic hydroxyl groups is 1. The number of carbonyl (C=O) groups excluding carboxylic acids is 2. The highest BCUT2D eigenvalue weighted by molar-refractivity contribution is 7.13. The molecule has 0 aliphatic carbocycles. The van der Waals surface area contributed by atoms with E-state index in [2.05, 4.69) is 37.5 Å². The van der Waals surface area contributed by atoms with Gasteiger partial charge in [0.2, 0.25) is 11.8 Å². The first-order chi connectivity index (χ1) is 23.4. The molecule has 2 amide bonds. The number of hydrogen-bond acceptors (Lipinski definition) is 10. The molecule has 0 radical (unpaired) electrons. The number of halogens is 1. The zero-order valence-electron chi connectivity index (χ0n) is 29.2. The maximum atomic E-state index is 15.4. The smallest absolute Gasteiger partial charge is 0.243 e. The van der Waals surface area contributed by atoms with Gasteiger partial charge in [-0.05, 0) is 63.7 Å². The molecule has 2 aromatic heterocycles. The summed E-state index contributed by atoms with van der Waals surface area (Å²) in [5, 5.41) is 21.3. The molecule has 5 atom stereocenters. The standard InChI is InChI=1S/C36H50FN7O4S/c1-22(2)32(30-17-31(41-48-30)42-14-15-43(23(3)18-42)20-36(37)10-12-38-13-11-36)35(47)44-19-28(45)16-29(44)34(46)40-24(4)26-6-8-27(9-7-26)33-25(5)39-21-49-33/h6-9,17,21-24,28-29,32,38,45H,10-16,18-20H2,1-5H3,(H,40,46)/t23-,24+,28-,29+,32-/m1/s1. The summed E-state index contributed by atoms with van der Waals surface area (Å²) in [5.74, 6) is -0.292. The van der Waals surface area contributed by atoms with Crippen molar-refractivity contribution in [2.24, 2.45) is 5.92 Å². The lowest BCUT2D eigenvalue weighted by molar-refractivity contribution is -0.141. The minimum atomic E-state index is -1.16. The Balaban J connectivity index is 1.10. The minimum Gasteiger partial charge on any atom is -0.391 e. The molecule has 3 aliphatic heterocycles. The van der Waals surface area contributed by atoms with Gasteiger partial charge in [-0.1, -0.05) is 43.3 Å². The lowest BCUT2D eigenvalue weighted by Gasteiger charge is -2.43. The van der Waals surface area contributed by atoms with Crippen LogP contribution >= 0.6 is 11.3 Å². The molecule has 3 aromatic rings. The highest BCUT2D eigenvalue weighted by Gasteiger charge is 2.44. The van der Waals surface area contributed by atoms with Crippen molar-refractivity contribution >= 4 is 29.0 Å². The largest absolute Gasteiger partial charge is 0.391 e. The van der Waals surface area contributed by atoms with E-state index in [0.717, 1.165) is 21.7 Å². The van der Waals surface area contributed by atoms with Gasteiger partial charge < -0.3 is 30.1 Å². The molecule has 3 saturated heterocycles. The van der Waals surface area contributed by atoms with Gasteiger partial charge in [-0.15, -0.1) is 11.3 Å². The summed E-state index contributed by atoms with van der Waals surface area (Å²) in [4.78, 5) is 39.1. The Hall–Kier alpha value is -3.39. The fourth-order valence-corrected chi connectivity index (χ4v) is 8.34. The number of aromatic nitrogens is 2. The van der Waals surface area contributed by atoms with Gasteiger partial charge >= 0.3 is 0 Å². The fraction of sp³-hybridized carbons (Fsp3) is 0.611. The predicted molar refractivity (Wildman–Crippen MR) is 188 cm³/mol. The maximum absolute atomic E-state index is 15.4. The second kappa shape index (κ2) is 14.8. The van der Waals surface area contributed by atoms with Crippen LogP contribution in [0.2, 0.25) is 0 Å². The quantitative estimate of drug-likeness (QED) is 0.285. The third-order valence-electron chi connectivity index (χ3n) is 10.5. The third-order valence-corrected chi connectivity index (χ3v) is 11.4. The summed E-state index contributed by atoms with van der Waals surface area (Å²) in [6, 6.07) is 8.91. The number of alkyl halides is 1. The number of anilines is 1. The van der Waals surface area contributed by atoms with Gasteiger partial charge in [-0.2, -0.15) is 0 Å². The molecule has 0 spiro atoms. The number of piperazine rings is 1. The van der Waals surface area contributed by atoms with Gasteiger partial charge in [-0.3, -0.25) is 14.5 Å². The summed E-state index contributed by atoms with van der Waals surface area (Å²) in [6.07, 6.45) is 0.435. The average Bonchev–Trinajstić information content (AvgIpc) is 3.82. The van der Waals surface area contributed by atoms with E-state index in [4.69, 9.17) is 4.52 Å². The molecule has 3 fully saturated rings. The van der Waals surface area contributed by atoms with E-state index in [1.54, 1.807) is 11.3 Å². The first-order valence-electron chi connectivity index (χ1n) is 17.6. The highest BCUT2D eigenvalue weighted by atomic mass is 32.1. The fourth-order valence-electron chi connectivity index (χ4n) is 7.53. The van der Waals surface area contributed by atoms with Crippen LogP contribution in [0, 0.1) is 12.8 Å². The van der Waals surface area contributed by atoms with Crippen molar-refractivity contribution < 1.29 is 23.6 Å². The number of likely N-dealkylation sites (tertiary alicyclic amines) is 1. The molecule has 3 N–H and O–H groups in total. The molecule has 6 rings (SSSR count). The number of thiazole rings is 1. The van der Waals surface area contributed by atoms with Crippen LogP contribution in [0.1, 0.15) is 75.9 Å². The molecule has 49 heavy (non-hydrogen) atoms. The van der Waals surface area contributed by atoms with Crippen LogP contribution in [-0.4, -0.2) is 107 Å². The van der Waals surface area contributed by atoms with Gasteiger partial charge in [0.15, 0.2) is 11.6 Å². The second-order valence-electron chi connectivity index (χ2n) is 14.5. The molecular weight excluding hydrogens is 646 g/mol. The number of amides is 2. The van der Waals surface area contributed by atoms with Gasteiger partial charge in [0, 0.05) is 51.3 Å². The van der Waals surface area contributed by atoms with Crippen LogP contribution in [0.3, 0.4) is 0 Å². The normalized spacial score (nSPS) is 24.3. The SMILES string of the molecule is Cc1ncsc1-c1ccc([C@H](C)NC(=O)[C@@H]2C[C@@H](O)CN2C(=O)[C@@H](c2cc(N3CCN(CC4(F)CCNCC4)[C@H](C)C3)no2)C(C)C)cc1. The van der Waals surface area contributed by atoms with Gasteiger partial charge in [0.25, 0.3) is 0 Å². The van der Waals surface area contributed by atoms with Crippen LogP contribution < -0.4 is 15.5 Å². The van der Waals surface area contributed by atoms with E-state index in [9.17, 15) is 14.7 Å². The Morgan fingerprint density at radius 1 is 1.16 bits per heavy atom. The monoisotopic (exact) mass is 695 g/mol. The lowest BCUT2D eigenvalue weighted by atomic mass is 9.91. The zero-order chi connectivity index (χ0) is 34.9. The molecule has 11 nitrogen and oxygen atoms in total. The number of aliphatic hydroxyl groups excluding tert-OH is 1. The minimum absolute atomic E-state index is 0.0734. The number of benzene rings is 1. The van der Waals surface area contributed by atoms with Gasteiger partial charge in [-0.25, -0.2) is 9.37 Å². The van der Waals surface area contributed by atoms with Crippen molar-refractivity contribution in [2.75, 3.05) is 50.7 Å². The molecule has 5 heterocycles. The van der Waals surface area contributed by atoms with Crippen LogP contribution in [0.4, 0.5) is 10.2 Å². The lowest BCUT2D eigenvalue weighted by Crippen LogP contribution is -2.57. The molecule has 0 bridgehead atoms. The van der Waals surface area contributed by atoms with E-state index >= 15 is 4.39 Å². The van der Waals surface area contributed by atoms with Crippen LogP contribution in [0.5, 0.6) is 0 Å². The van der Waals surface area contributed by atoms with E-state index in [0.29, 0.717) is 63.7 Å². The number of nitrogens with zero attached hydrogens (tertiary/aromatic N) is 5. The molecule has 266 valence electrons. The number of nitrogens with one attached hydrogen (secondary N) is 2. The highest BCUT2D eigenvalue weighted by Crippen LogP contribution is 2.34. The molecule has 1 aromatic carbocycles. The van der Waals surface area contributed by atoms with Crippen LogP contribution in [0.25, 0.3) is 10.4 Å². The Bertz CT molecular complexity index is 1590. The van der Waals surface area contributed by atoms with Crippen molar-refractivity contribution in [3.63, 3.8) is 0 Å². The van der Waals surface area contributed by atoms with E-state index < -0.39 is 23.7 Å². The number of rotatable bonds is 10. The number of aryl methyl sites for hydroxylation is 1. The molecule has 13 heteroatoms. The van der Waals surface area contributed by atoms with Gasteiger partial charge in [0.1, 0.15) is 17.6 Å². The van der Waals surface area contributed by atoms with E-state index in [1.807, 2.05) is 63.5 Å². The van der Waals surface area contributed by atoms with Crippen molar-refractivity contribution in [3.05, 3.63) is 52.9 Å². The maximum Gasteiger partial charge on any atom is 0.243 e. The Labute approximate surface area is 292 Å². The summed E-state index contributed by atoms with van der Waals surface area (Å²) < 4.78 is 21.3. The van der Waals surface area contributed by atoms with Crippen molar-refractivity contribution in [1.82, 2.24) is 30.6 Å². The first kappa shape index (κ1) is 35.4. The number of β-amino-alcohol motifs (C(OH)–C–C–N with tert-alkyl or cyclic N) is 1. The van der Waals surface area contributed by atoms with E-state index in [-0.39, 0.29) is 42.8 Å². The zero-order valence-corrected chi connectivity index (χ0v) is 30.0. The second-order valence-corrected chi connectivity index (χ2v) is 15.3. The number of hydrogen-bond donors (Lipinski definition) is 3. The van der Waals surface area contributed by atoms with Crippen LogP contribution in [-0.2, 0) is 9.59 Å². The van der Waals surface area contributed by atoms with Crippen LogP contribution in [0.15, 0.2) is 40.4 Å². The summed E-state index contributed by atoms with van der Waals surface area (Å²) >= 11 is 1.59. The van der Waals surface area contributed by atoms with Crippen molar-refractivity contribution in [2.45, 2.75) is 89.7 Å².